The van der Waals surface area contributed by atoms with Gasteiger partial charge in [-0.3, -0.25) is 4.79 Å². The van der Waals surface area contributed by atoms with Crippen molar-refractivity contribution in [1.29, 1.82) is 0 Å². The van der Waals surface area contributed by atoms with Crippen molar-refractivity contribution in [3.63, 3.8) is 0 Å². The van der Waals surface area contributed by atoms with Crippen LogP contribution >= 0.6 is 0 Å². The molecule has 1 heterocycles. The first kappa shape index (κ1) is 6.55. The highest BCUT2D eigenvalue weighted by molar-refractivity contribution is 5.37. The van der Waals surface area contributed by atoms with Crippen LogP contribution in [0, 0.1) is 5.41 Å². The molecule has 1 saturated heterocycles. The van der Waals surface area contributed by atoms with Crippen LogP contribution in [-0.2, 0) is 14.3 Å². The zero-order valence-corrected chi connectivity index (χ0v) is 5.42. The maximum atomic E-state index is 9.73. The molecule has 0 bridgehead atoms. The Bertz CT molecular complexity index is 107. The van der Waals surface area contributed by atoms with E-state index in [1.54, 1.807) is 0 Å². The number of carbonyl (C=O) groups is 1. The summed E-state index contributed by atoms with van der Waals surface area (Å²) in [5, 5.41) is 0. The van der Waals surface area contributed by atoms with Gasteiger partial charge in [0.05, 0.1) is 13.2 Å². The predicted molar refractivity (Wildman–Crippen MR) is 30.9 cm³/mol. The summed E-state index contributed by atoms with van der Waals surface area (Å²) in [5.41, 5.74) is 0.0981. The fourth-order valence-corrected chi connectivity index (χ4v) is 0.769. The second-order valence-electron chi connectivity index (χ2n) is 2.71. The number of hydrogen-bond donors (Lipinski definition) is 0. The van der Waals surface area contributed by atoms with Crippen LogP contribution in [0.5, 0.6) is 0 Å². The fraction of sp³-hybridized carbons (Fsp3) is 0.833. The topological polar surface area (TPSA) is 35.5 Å². The molecular formula is C6H10O3. The van der Waals surface area contributed by atoms with E-state index in [4.69, 9.17) is 4.74 Å². The SMILES string of the molecule is CC1(COC=O)COC1. The fourth-order valence-electron chi connectivity index (χ4n) is 0.769. The van der Waals surface area contributed by atoms with Crippen LogP contribution in [0.3, 0.4) is 0 Å². The van der Waals surface area contributed by atoms with Gasteiger partial charge < -0.3 is 9.47 Å². The van der Waals surface area contributed by atoms with Crippen LogP contribution in [0.15, 0.2) is 0 Å². The molecule has 9 heavy (non-hydrogen) atoms. The minimum atomic E-state index is 0.0981. The maximum absolute atomic E-state index is 9.73. The van der Waals surface area contributed by atoms with Crippen molar-refractivity contribution in [3.8, 4) is 0 Å². The zero-order chi connectivity index (χ0) is 6.74. The van der Waals surface area contributed by atoms with Gasteiger partial charge in [0.1, 0.15) is 6.61 Å². The average molecular weight is 130 g/mol. The molecule has 3 heteroatoms. The second kappa shape index (κ2) is 2.35. The van der Waals surface area contributed by atoms with E-state index in [1.165, 1.54) is 0 Å². The summed E-state index contributed by atoms with van der Waals surface area (Å²) in [6.07, 6.45) is 0. The molecule has 0 aromatic rings. The number of ether oxygens (including phenoxy) is 2. The average Bonchev–Trinajstić information content (AvgIpc) is 1.79. The number of hydrogen-bond acceptors (Lipinski definition) is 3. The molecule has 1 fully saturated rings. The van der Waals surface area contributed by atoms with Crippen LogP contribution in [0.25, 0.3) is 0 Å². The van der Waals surface area contributed by atoms with Crippen LogP contribution in [-0.4, -0.2) is 26.3 Å². The van der Waals surface area contributed by atoms with E-state index >= 15 is 0 Å². The molecule has 0 spiro atoms. The highest BCUT2D eigenvalue weighted by Gasteiger charge is 2.33. The van der Waals surface area contributed by atoms with Crippen molar-refractivity contribution in [2.45, 2.75) is 6.92 Å². The van der Waals surface area contributed by atoms with Crippen molar-refractivity contribution in [3.05, 3.63) is 0 Å². The standard InChI is InChI=1S/C6H10O3/c1-6(2-8-3-6)4-9-5-7/h5H,2-4H2,1H3. The monoisotopic (exact) mass is 130 g/mol. The summed E-state index contributed by atoms with van der Waals surface area (Å²) < 4.78 is 9.52. The Hall–Kier alpha value is -0.570. The Balaban J connectivity index is 2.16. The summed E-state index contributed by atoms with van der Waals surface area (Å²) in [5.74, 6) is 0. The van der Waals surface area contributed by atoms with E-state index in [9.17, 15) is 4.79 Å². The normalized spacial score (nSPS) is 22.3. The van der Waals surface area contributed by atoms with Crippen LogP contribution in [0.2, 0.25) is 0 Å². The first-order valence-electron chi connectivity index (χ1n) is 2.90. The van der Waals surface area contributed by atoms with Gasteiger partial charge in [0.15, 0.2) is 0 Å². The first-order valence-corrected chi connectivity index (χ1v) is 2.90. The third kappa shape index (κ3) is 1.42. The van der Waals surface area contributed by atoms with Crippen molar-refractivity contribution in [2.75, 3.05) is 19.8 Å². The van der Waals surface area contributed by atoms with Gasteiger partial charge >= 0.3 is 0 Å². The Morgan fingerprint density at radius 1 is 1.78 bits per heavy atom. The molecule has 0 saturated carbocycles. The summed E-state index contributed by atoms with van der Waals surface area (Å²) >= 11 is 0. The molecule has 0 atom stereocenters. The molecule has 0 N–H and O–H groups in total. The maximum Gasteiger partial charge on any atom is 0.293 e. The smallest absolute Gasteiger partial charge is 0.293 e. The Morgan fingerprint density at radius 3 is 2.78 bits per heavy atom. The molecule has 1 rings (SSSR count). The van der Waals surface area contributed by atoms with Gasteiger partial charge in [-0.1, -0.05) is 6.92 Å². The molecule has 0 radical (unpaired) electrons. The molecule has 1 aliphatic heterocycles. The van der Waals surface area contributed by atoms with Gasteiger partial charge in [-0.25, -0.2) is 0 Å². The lowest BCUT2D eigenvalue weighted by Crippen LogP contribution is -2.43. The van der Waals surface area contributed by atoms with Gasteiger partial charge in [-0.2, -0.15) is 0 Å². The van der Waals surface area contributed by atoms with E-state index in [0.717, 1.165) is 0 Å². The summed E-state index contributed by atoms with van der Waals surface area (Å²) in [4.78, 5) is 9.73. The molecule has 3 nitrogen and oxygen atoms in total. The van der Waals surface area contributed by atoms with Crippen LogP contribution in [0.1, 0.15) is 6.92 Å². The minimum Gasteiger partial charge on any atom is -0.467 e. The Morgan fingerprint density at radius 2 is 2.44 bits per heavy atom. The number of rotatable bonds is 3. The highest BCUT2D eigenvalue weighted by atomic mass is 16.5. The van der Waals surface area contributed by atoms with Gasteiger partial charge in [0, 0.05) is 5.41 Å². The molecule has 0 aromatic carbocycles. The Labute approximate surface area is 53.9 Å². The van der Waals surface area contributed by atoms with Crippen LogP contribution < -0.4 is 0 Å². The van der Waals surface area contributed by atoms with Crippen molar-refractivity contribution < 1.29 is 14.3 Å². The zero-order valence-electron chi connectivity index (χ0n) is 5.42. The molecule has 0 amide bonds. The van der Waals surface area contributed by atoms with Gasteiger partial charge in [0.25, 0.3) is 6.47 Å². The highest BCUT2D eigenvalue weighted by Crippen LogP contribution is 2.25. The van der Waals surface area contributed by atoms with Crippen molar-refractivity contribution in [1.82, 2.24) is 0 Å². The van der Waals surface area contributed by atoms with E-state index in [0.29, 0.717) is 26.3 Å². The summed E-state index contributed by atoms with van der Waals surface area (Å²) in [6.45, 7) is 4.40. The minimum absolute atomic E-state index is 0.0981. The lowest BCUT2D eigenvalue weighted by atomic mass is 9.90. The quantitative estimate of drug-likeness (QED) is 0.512. The first-order chi connectivity index (χ1) is 4.27. The van der Waals surface area contributed by atoms with Crippen molar-refractivity contribution >= 4 is 6.47 Å². The van der Waals surface area contributed by atoms with E-state index < -0.39 is 0 Å². The van der Waals surface area contributed by atoms with Gasteiger partial charge in [-0.15, -0.1) is 0 Å². The third-order valence-corrected chi connectivity index (χ3v) is 1.40. The molecule has 0 unspecified atom stereocenters. The molecular weight excluding hydrogens is 120 g/mol. The largest absolute Gasteiger partial charge is 0.467 e. The third-order valence-electron chi connectivity index (χ3n) is 1.40. The molecule has 0 aliphatic carbocycles. The van der Waals surface area contributed by atoms with Crippen LogP contribution in [0.4, 0.5) is 0 Å². The number of carbonyl (C=O) groups excluding carboxylic acids is 1. The van der Waals surface area contributed by atoms with E-state index in [2.05, 4.69) is 4.74 Å². The summed E-state index contributed by atoms with van der Waals surface area (Å²) in [6, 6.07) is 0. The molecule has 1 aliphatic rings. The van der Waals surface area contributed by atoms with Gasteiger partial charge in [-0.05, 0) is 0 Å². The lowest BCUT2D eigenvalue weighted by Gasteiger charge is -2.36. The Kier molecular flexibility index (Phi) is 1.71. The predicted octanol–water partition coefficient (Wildman–Crippen LogP) is 0.196. The molecule has 0 aromatic heterocycles. The second-order valence-corrected chi connectivity index (χ2v) is 2.71. The van der Waals surface area contributed by atoms with Crippen molar-refractivity contribution in [2.24, 2.45) is 5.41 Å². The molecule has 52 valence electrons. The van der Waals surface area contributed by atoms with Gasteiger partial charge in [0.2, 0.25) is 0 Å². The van der Waals surface area contributed by atoms with E-state index in [1.807, 2.05) is 6.92 Å². The summed E-state index contributed by atoms with van der Waals surface area (Å²) in [7, 11) is 0. The van der Waals surface area contributed by atoms with E-state index in [-0.39, 0.29) is 5.41 Å². The lowest BCUT2D eigenvalue weighted by molar-refractivity contribution is -0.153.